The molecule has 44 heavy (non-hydrogen) atoms. The first-order valence-electron chi connectivity index (χ1n) is 19.8. The quantitative estimate of drug-likeness (QED) is 0.225. The highest BCUT2D eigenvalue weighted by atomic mass is 16.2. The molecule has 1 N–H and O–H groups in total. The monoisotopic (exact) mass is 607 g/mol. The van der Waals surface area contributed by atoms with Crippen LogP contribution in [0.1, 0.15) is 168 Å². The van der Waals surface area contributed by atoms with E-state index in [0.29, 0.717) is 28.7 Å². The SMILES string of the molecule is CN1C(=O)C(CCCCCCCCCCC(=O)NC23CC4CC(CC(C4)C2)C3)C[C@@]2(C)C1CC[C@@H]1[C@H]2CC[C@]2(C)CCC[C@@H]12. The zero-order chi connectivity index (χ0) is 30.5. The van der Waals surface area contributed by atoms with Crippen molar-refractivity contribution in [1.29, 1.82) is 0 Å². The number of nitrogens with one attached hydrogen (secondary N) is 1. The zero-order valence-electron chi connectivity index (χ0n) is 28.9. The molecular weight excluding hydrogens is 540 g/mol. The lowest BCUT2D eigenvalue weighted by Crippen LogP contribution is -2.63. The van der Waals surface area contributed by atoms with Crippen LogP contribution in [0, 0.1) is 52.3 Å². The van der Waals surface area contributed by atoms with E-state index < -0.39 is 0 Å². The Morgan fingerprint density at radius 1 is 0.773 bits per heavy atom. The van der Waals surface area contributed by atoms with Gasteiger partial charge in [-0.05, 0) is 143 Å². The van der Waals surface area contributed by atoms with E-state index in [1.165, 1.54) is 128 Å². The van der Waals surface area contributed by atoms with E-state index in [4.69, 9.17) is 0 Å². The fourth-order valence-electron chi connectivity index (χ4n) is 14.0. The van der Waals surface area contributed by atoms with Gasteiger partial charge in [-0.25, -0.2) is 0 Å². The largest absolute Gasteiger partial charge is 0.351 e. The van der Waals surface area contributed by atoms with Crippen LogP contribution in [0.5, 0.6) is 0 Å². The summed E-state index contributed by atoms with van der Waals surface area (Å²) in [7, 11) is 2.15. The maximum atomic E-state index is 13.5. The van der Waals surface area contributed by atoms with Gasteiger partial charge in [0.25, 0.3) is 0 Å². The van der Waals surface area contributed by atoms with Gasteiger partial charge in [-0.3, -0.25) is 9.59 Å². The lowest BCUT2D eigenvalue weighted by atomic mass is 9.47. The molecule has 2 amide bonds. The van der Waals surface area contributed by atoms with Crippen LogP contribution in [0.3, 0.4) is 0 Å². The Morgan fingerprint density at radius 3 is 2.09 bits per heavy atom. The second kappa shape index (κ2) is 12.5. The van der Waals surface area contributed by atoms with Gasteiger partial charge in [0.05, 0.1) is 0 Å². The average Bonchev–Trinajstić information content (AvgIpc) is 3.37. The summed E-state index contributed by atoms with van der Waals surface area (Å²) in [4.78, 5) is 28.5. The molecule has 8 rings (SSSR count). The van der Waals surface area contributed by atoms with Crippen LogP contribution in [0.25, 0.3) is 0 Å². The third kappa shape index (κ3) is 5.93. The molecule has 7 aliphatic carbocycles. The van der Waals surface area contributed by atoms with Gasteiger partial charge in [-0.1, -0.05) is 65.2 Å². The fourth-order valence-corrected chi connectivity index (χ4v) is 14.0. The van der Waals surface area contributed by atoms with Gasteiger partial charge in [0.2, 0.25) is 11.8 Å². The molecular formula is C40H66N2O2. The van der Waals surface area contributed by atoms with Crippen molar-refractivity contribution in [3.8, 4) is 0 Å². The predicted octanol–water partition coefficient (Wildman–Crippen LogP) is 9.45. The van der Waals surface area contributed by atoms with E-state index in [0.717, 1.165) is 61.2 Å². The first kappa shape index (κ1) is 31.5. The summed E-state index contributed by atoms with van der Waals surface area (Å²) in [5, 5.41) is 3.56. The van der Waals surface area contributed by atoms with Crippen molar-refractivity contribution >= 4 is 11.8 Å². The molecule has 0 aromatic heterocycles. The number of amides is 2. The maximum absolute atomic E-state index is 13.5. The fraction of sp³-hybridized carbons (Fsp3) is 0.950. The van der Waals surface area contributed by atoms with Gasteiger partial charge >= 0.3 is 0 Å². The van der Waals surface area contributed by atoms with Gasteiger partial charge in [-0.15, -0.1) is 0 Å². The third-order valence-corrected chi connectivity index (χ3v) is 15.6. The van der Waals surface area contributed by atoms with Crippen LogP contribution in [0.2, 0.25) is 0 Å². The molecule has 2 unspecified atom stereocenters. The van der Waals surface area contributed by atoms with E-state index in [9.17, 15) is 9.59 Å². The van der Waals surface area contributed by atoms with Crippen molar-refractivity contribution in [3.05, 3.63) is 0 Å². The topological polar surface area (TPSA) is 49.4 Å². The molecule has 0 aromatic carbocycles. The number of nitrogens with zero attached hydrogens (tertiary/aromatic N) is 1. The number of hydrogen-bond donors (Lipinski definition) is 1. The number of hydrogen-bond acceptors (Lipinski definition) is 2. The van der Waals surface area contributed by atoms with Crippen molar-refractivity contribution in [3.63, 3.8) is 0 Å². The predicted molar refractivity (Wildman–Crippen MR) is 179 cm³/mol. The Labute approximate surface area is 270 Å². The highest BCUT2D eigenvalue weighted by Gasteiger charge is 2.60. The van der Waals surface area contributed by atoms with E-state index >= 15 is 0 Å². The summed E-state index contributed by atoms with van der Waals surface area (Å²) in [5.74, 6) is 6.42. The highest BCUT2D eigenvalue weighted by Crippen LogP contribution is 2.65. The summed E-state index contributed by atoms with van der Waals surface area (Å²) in [6.07, 6.45) is 30.8. The molecule has 1 saturated heterocycles. The Kier molecular flexibility index (Phi) is 8.97. The molecule has 1 heterocycles. The molecule has 4 nitrogen and oxygen atoms in total. The summed E-state index contributed by atoms with van der Waals surface area (Å²) in [6, 6.07) is 0.474. The normalized spacial score (nSPS) is 45.6. The Hall–Kier alpha value is -1.06. The second-order valence-corrected chi connectivity index (χ2v) is 18.5. The van der Waals surface area contributed by atoms with Crippen molar-refractivity contribution in [2.75, 3.05) is 7.05 Å². The summed E-state index contributed by atoms with van der Waals surface area (Å²) >= 11 is 0. The second-order valence-electron chi connectivity index (χ2n) is 18.5. The lowest BCUT2D eigenvalue weighted by molar-refractivity contribution is -0.166. The molecule has 248 valence electrons. The number of fused-ring (bicyclic) bond motifs is 5. The molecule has 0 spiro atoms. The van der Waals surface area contributed by atoms with Crippen molar-refractivity contribution in [2.24, 2.45) is 52.3 Å². The van der Waals surface area contributed by atoms with Crippen LogP contribution < -0.4 is 5.32 Å². The van der Waals surface area contributed by atoms with Crippen LogP contribution in [-0.2, 0) is 9.59 Å². The first-order chi connectivity index (χ1) is 21.2. The summed E-state index contributed by atoms with van der Waals surface area (Å²) in [5.41, 5.74) is 1.12. The summed E-state index contributed by atoms with van der Waals surface area (Å²) < 4.78 is 0. The van der Waals surface area contributed by atoms with E-state index in [2.05, 4.69) is 31.1 Å². The average molecular weight is 607 g/mol. The highest BCUT2D eigenvalue weighted by molar-refractivity contribution is 5.80. The number of piperidine rings is 1. The minimum absolute atomic E-state index is 0.176. The lowest BCUT2D eigenvalue weighted by Gasteiger charge is -2.62. The number of carbonyl (C=O) groups is 2. The number of likely N-dealkylation sites (tertiary alicyclic amines) is 1. The van der Waals surface area contributed by atoms with E-state index in [1.54, 1.807) is 0 Å². The molecule has 0 aromatic rings. The minimum atomic E-state index is 0.176. The van der Waals surface area contributed by atoms with Crippen LogP contribution in [0.4, 0.5) is 0 Å². The molecule has 8 aliphatic rings. The first-order valence-corrected chi connectivity index (χ1v) is 19.8. The molecule has 8 fully saturated rings. The Morgan fingerprint density at radius 2 is 1.41 bits per heavy atom. The molecule has 4 heteroatoms. The molecule has 7 saturated carbocycles. The maximum Gasteiger partial charge on any atom is 0.225 e. The van der Waals surface area contributed by atoms with Gasteiger partial charge in [0.15, 0.2) is 0 Å². The smallest absolute Gasteiger partial charge is 0.225 e. The van der Waals surface area contributed by atoms with Gasteiger partial charge < -0.3 is 10.2 Å². The molecule has 4 bridgehead atoms. The van der Waals surface area contributed by atoms with Gasteiger partial charge in [0, 0.05) is 31.0 Å². The molecule has 0 radical (unpaired) electrons. The zero-order valence-corrected chi connectivity index (χ0v) is 28.9. The van der Waals surface area contributed by atoms with Gasteiger partial charge in [0.1, 0.15) is 0 Å². The Balaban J connectivity index is 0.780. The number of rotatable bonds is 12. The minimum Gasteiger partial charge on any atom is -0.351 e. The Bertz CT molecular complexity index is 1020. The summed E-state index contributed by atoms with van der Waals surface area (Å²) in [6.45, 7) is 5.21. The number of unbranched alkanes of at least 4 members (excludes halogenated alkanes) is 7. The van der Waals surface area contributed by atoms with Crippen molar-refractivity contribution < 1.29 is 9.59 Å². The van der Waals surface area contributed by atoms with Gasteiger partial charge in [-0.2, -0.15) is 0 Å². The van der Waals surface area contributed by atoms with Crippen LogP contribution >= 0.6 is 0 Å². The van der Waals surface area contributed by atoms with Crippen LogP contribution in [-0.4, -0.2) is 35.3 Å². The number of carbonyl (C=O) groups excluding carboxylic acids is 2. The van der Waals surface area contributed by atoms with E-state index in [-0.39, 0.29) is 11.5 Å². The third-order valence-electron chi connectivity index (χ3n) is 15.6. The van der Waals surface area contributed by atoms with Crippen molar-refractivity contribution in [1.82, 2.24) is 10.2 Å². The molecule has 1 aliphatic heterocycles. The van der Waals surface area contributed by atoms with Crippen LogP contribution in [0.15, 0.2) is 0 Å². The molecule has 7 atom stereocenters. The standard InChI is InChI=1S/C40H66N2O2/c1-38-19-12-14-33(38)32-16-17-35-39(2,34(32)18-20-38)27-31(37(44)42(35)3)13-10-8-6-4-5-7-9-11-15-36(43)41-40-24-28-21-29(25-40)23-30(22-28)26-40/h28-35H,4-27H2,1-3H3,(H,41,43)/t28?,29?,30?,31?,32-,33-,34+,35?,38-,39+,40?/m0/s1. The van der Waals surface area contributed by atoms with E-state index in [1.807, 2.05) is 0 Å². The van der Waals surface area contributed by atoms with Crippen molar-refractivity contribution in [2.45, 2.75) is 180 Å².